The van der Waals surface area contributed by atoms with Crippen molar-refractivity contribution in [2.24, 2.45) is 0 Å². The van der Waals surface area contributed by atoms with Crippen molar-refractivity contribution in [3.63, 3.8) is 0 Å². The minimum atomic E-state index is -0.429. The fraction of sp³-hybridized carbons (Fsp3) is 0.611. The molecule has 0 aliphatic carbocycles. The van der Waals surface area contributed by atoms with Gasteiger partial charge in [0.05, 0.1) is 11.7 Å². The topological polar surface area (TPSA) is 32.8 Å². The van der Waals surface area contributed by atoms with Crippen LogP contribution in [0.2, 0.25) is 0 Å². The Morgan fingerprint density at radius 1 is 1.09 bits per heavy atom. The number of hydrogen-bond donors (Lipinski definition) is 0. The first kappa shape index (κ1) is 16.4. The maximum atomic E-state index is 13.8. The first-order valence-electron chi connectivity index (χ1n) is 8.49. The second-order valence-corrected chi connectivity index (χ2v) is 6.47. The van der Waals surface area contributed by atoms with Crippen LogP contribution in [0.3, 0.4) is 0 Å². The quantitative estimate of drug-likeness (QED) is 0.858. The molecule has 0 unspecified atom stereocenters. The van der Waals surface area contributed by atoms with Crippen molar-refractivity contribution in [2.75, 3.05) is 33.3 Å². The SMILES string of the molecule is COC1CCN(C2CCN(C(=O)c3ccccc3F)CC2)CC1. The molecule has 0 spiro atoms. The van der Waals surface area contributed by atoms with E-state index in [2.05, 4.69) is 4.90 Å². The molecule has 2 aliphatic rings. The van der Waals surface area contributed by atoms with E-state index in [4.69, 9.17) is 4.74 Å². The van der Waals surface area contributed by atoms with Gasteiger partial charge in [0.25, 0.3) is 5.91 Å². The number of amides is 1. The van der Waals surface area contributed by atoms with Crippen LogP contribution in [0.25, 0.3) is 0 Å². The van der Waals surface area contributed by atoms with E-state index < -0.39 is 5.82 Å². The van der Waals surface area contributed by atoms with Crippen molar-refractivity contribution in [3.05, 3.63) is 35.6 Å². The third kappa shape index (κ3) is 3.72. The minimum Gasteiger partial charge on any atom is -0.381 e. The molecule has 0 saturated carbocycles. The maximum absolute atomic E-state index is 13.8. The van der Waals surface area contributed by atoms with E-state index in [0.717, 1.165) is 38.8 Å². The van der Waals surface area contributed by atoms with E-state index in [-0.39, 0.29) is 11.5 Å². The highest BCUT2D eigenvalue weighted by atomic mass is 19.1. The van der Waals surface area contributed by atoms with E-state index in [0.29, 0.717) is 25.2 Å². The molecule has 2 aliphatic heterocycles. The van der Waals surface area contributed by atoms with Crippen LogP contribution in [-0.4, -0.2) is 61.1 Å². The highest BCUT2D eigenvalue weighted by molar-refractivity contribution is 5.94. The molecule has 2 saturated heterocycles. The number of piperidine rings is 2. The van der Waals surface area contributed by atoms with Gasteiger partial charge in [0.1, 0.15) is 5.82 Å². The van der Waals surface area contributed by atoms with Gasteiger partial charge in [0.15, 0.2) is 0 Å². The van der Waals surface area contributed by atoms with Crippen molar-refractivity contribution >= 4 is 5.91 Å². The molecule has 1 aromatic rings. The minimum absolute atomic E-state index is 0.181. The van der Waals surface area contributed by atoms with Gasteiger partial charge < -0.3 is 14.5 Å². The van der Waals surface area contributed by atoms with E-state index >= 15 is 0 Å². The summed E-state index contributed by atoms with van der Waals surface area (Å²) >= 11 is 0. The molecule has 1 aromatic carbocycles. The Hall–Kier alpha value is -1.46. The summed E-state index contributed by atoms with van der Waals surface area (Å²) in [5, 5.41) is 0. The van der Waals surface area contributed by atoms with Crippen LogP contribution in [0.1, 0.15) is 36.0 Å². The highest BCUT2D eigenvalue weighted by Gasteiger charge is 2.30. The summed E-state index contributed by atoms with van der Waals surface area (Å²) in [4.78, 5) is 16.8. The monoisotopic (exact) mass is 320 g/mol. The number of ether oxygens (including phenoxy) is 1. The van der Waals surface area contributed by atoms with Gasteiger partial charge >= 0.3 is 0 Å². The Labute approximate surface area is 137 Å². The zero-order chi connectivity index (χ0) is 16.2. The van der Waals surface area contributed by atoms with Crippen molar-refractivity contribution < 1.29 is 13.9 Å². The summed E-state index contributed by atoms with van der Waals surface area (Å²) in [6, 6.07) is 6.78. The van der Waals surface area contributed by atoms with Gasteiger partial charge in [-0.05, 0) is 37.8 Å². The molecule has 126 valence electrons. The van der Waals surface area contributed by atoms with Gasteiger partial charge in [-0.2, -0.15) is 0 Å². The first-order valence-corrected chi connectivity index (χ1v) is 8.49. The number of benzene rings is 1. The van der Waals surface area contributed by atoms with Crippen LogP contribution in [0.5, 0.6) is 0 Å². The molecule has 0 atom stereocenters. The fourth-order valence-corrected chi connectivity index (χ4v) is 3.72. The van der Waals surface area contributed by atoms with Crippen molar-refractivity contribution in [1.82, 2.24) is 9.80 Å². The van der Waals surface area contributed by atoms with E-state index in [1.807, 2.05) is 0 Å². The summed E-state index contributed by atoms with van der Waals surface area (Å²) in [6.45, 7) is 3.57. The standard InChI is InChI=1S/C18H25FN2O2/c1-23-15-8-12-20(13-9-15)14-6-10-21(11-7-14)18(22)16-4-2-3-5-17(16)19/h2-5,14-15H,6-13H2,1H3. The number of hydrogen-bond acceptors (Lipinski definition) is 3. The largest absolute Gasteiger partial charge is 0.381 e. The van der Waals surface area contributed by atoms with Gasteiger partial charge in [-0.25, -0.2) is 4.39 Å². The summed E-state index contributed by atoms with van der Waals surface area (Å²) in [5.41, 5.74) is 0.187. The lowest BCUT2D eigenvalue weighted by atomic mass is 9.98. The summed E-state index contributed by atoms with van der Waals surface area (Å²) in [6.07, 6.45) is 4.51. The molecule has 4 nitrogen and oxygen atoms in total. The van der Waals surface area contributed by atoms with Gasteiger partial charge in [-0.15, -0.1) is 0 Å². The maximum Gasteiger partial charge on any atom is 0.256 e. The Balaban J connectivity index is 1.53. The molecule has 0 aromatic heterocycles. The van der Waals surface area contributed by atoms with Crippen molar-refractivity contribution in [3.8, 4) is 0 Å². The van der Waals surface area contributed by atoms with Gasteiger partial charge in [-0.1, -0.05) is 12.1 Å². The molecule has 0 N–H and O–H groups in total. The van der Waals surface area contributed by atoms with Crippen LogP contribution in [0, 0.1) is 5.82 Å². The number of methoxy groups -OCH3 is 1. The summed E-state index contributed by atoms with van der Waals surface area (Å²) in [7, 11) is 1.78. The molecule has 2 fully saturated rings. The zero-order valence-electron chi connectivity index (χ0n) is 13.7. The molecule has 1 amide bonds. The second-order valence-electron chi connectivity index (χ2n) is 6.47. The van der Waals surface area contributed by atoms with Crippen molar-refractivity contribution in [1.29, 1.82) is 0 Å². The lowest BCUT2D eigenvalue weighted by Gasteiger charge is -2.41. The number of rotatable bonds is 3. The molecule has 5 heteroatoms. The Morgan fingerprint density at radius 2 is 1.74 bits per heavy atom. The smallest absolute Gasteiger partial charge is 0.256 e. The third-order valence-corrected chi connectivity index (χ3v) is 5.18. The second kappa shape index (κ2) is 7.41. The number of carbonyl (C=O) groups excluding carboxylic acids is 1. The number of likely N-dealkylation sites (tertiary alicyclic amines) is 2. The highest BCUT2D eigenvalue weighted by Crippen LogP contribution is 2.23. The number of carbonyl (C=O) groups is 1. The lowest BCUT2D eigenvalue weighted by molar-refractivity contribution is 0.0145. The van der Waals surface area contributed by atoms with Gasteiger partial charge in [0.2, 0.25) is 0 Å². The van der Waals surface area contributed by atoms with Gasteiger partial charge in [0, 0.05) is 39.3 Å². The van der Waals surface area contributed by atoms with Gasteiger partial charge in [-0.3, -0.25) is 4.79 Å². The predicted molar refractivity (Wildman–Crippen MR) is 86.9 cm³/mol. The van der Waals surface area contributed by atoms with Crippen molar-refractivity contribution in [2.45, 2.75) is 37.8 Å². The van der Waals surface area contributed by atoms with E-state index in [1.165, 1.54) is 6.07 Å². The van der Waals surface area contributed by atoms with E-state index in [1.54, 1.807) is 30.2 Å². The number of nitrogens with zero attached hydrogens (tertiary/aromatic N) is 2. The average Bonchev–Trinajstić information content (AvgIpc) is 2.62. The normalized spacial score (nSPS) is 21.6. The molecule has 2 heterocycles. The number of halogens is 1. The fourth-order valence-electron chi connectivity index (χ4n) is 3.72. The molecule has 3 rings (SSSR count). The van der Waals surface area contributed by atoms with E-state index in [9.17, 15) is 9.18 Å². The third-order valence-electron chi connectivity index (χ3n) is 5.18. The molecular formula is C18H25FN2O2. The lowest BCUT2D eigenvalue weighted by Crippen LogP contribution is -2.49. The molecule has 0 radical (unpaired) electrons. The summed E-state index contributed by atoms with van der Waals surface area (Å²) in [5.74, 6) is -0.610. The molecular weight excluding hydrogens is 295 g/mol. The van der Waals surface area contributed by atoms with Crippen LogP contribution in [0.4, 0.5) is 4.39 Å². The molecule has 23 heavy (non-hydrogen) atoms. The summed E-state index contributed by atoms with van der Waals surface area (Å²) < 4.78 is 19.2. The predicted octanol–water partition coefficient (Wildman–Crippen LogP) is 2.54. The van der Waals surface area contributed by atoms with Crippen LogP contribution < -0.4 is 0 Å². The first-order chi connectivity index (χ1) is 11.2. The van der Waals surface area contributed by atoms with Crippen LogP contribution >= 0.6 is 0 Å². The van der Waals surface area contributed by atoms with Crippen LogP contribution in [0.15, 0.2) is 24.3 Å². The Bertz CT molecular complexity index is 536. The average molecular weight is 320 g/mol. The Morgan fingerprint density at radius 3 is 2.35 bits per heavy atom. The Kier molecular flexibility index (Phi) is 5.28. The van der Waals surface area contributed by atoms with Crippen LogP contribution in [-0.2, 0) is 4.74 Å². The zero-order valence-corrected chi connectivity index (χ0v) is 13.7. The molecule has 0 bridgehead atoms.